The lowest BCUT2D eigenvalue weighted by molar-refractivity contribution is 0.628. The van der Waals surface area contributed by atoms with Gasteiger partial charge in [-0.05, 0) is 24.6 Å². The molecule has 0 atom stereocenters. The Balaban J connectivity index is 2.49. The largest absolute Gasteiger partial charge is 0.311 e. The summed E-state index contributed by atoms with van der Waals surface area (Å²) in [6.07, 6.45) is 1.58. The Labute approximate surface area is 109 Å². The van der Waals surface area contributed by atoms with Gasteiger partial charge in [-0.3, -0.25) is 4.79 Å². The summed E-state index contributed by atoms with van der Waals surface area (Å²) in [6.45, 7) is 2.00. The number of nitrogens with zero attached hydrogens (tertiary/aromatic N) is 1. The average Bonchev–Trinajstić information content (AvgIpc) is 2.32. The highest BCUT2D eigenvalue weighted by Gasteiger charge is 2.06. The lowest BCUT2D eigenvalue weighted by atomic mass is 10.1. The molecular weight excluding hydrogens is 255 g/mol. The van der Waals surface area contributed by atoms with Gasteiger partial charge < -0.3 is 4.98 Å². The lowest BCUT2D eigenvalue weighted by Crippen LogP contribution is -2.11. The first-order valence-corrected chi connectivity index (χ1v) is 6.03. The van der Waals surface area contributed by atoms with Crippen molar-refractivity contribution in [2.75, 3.05) is 0 Å². The number of hydrogen-bond donors (Lipinski definition) is 1. The number of H-pyrrole nitrogens is 1. The molecular formula is C13H12ClFN2O. The zero-order chi connectivity index (χ0) is 13.1. The molecule has 1 heterocycles. The average molecular weight is 267 g/mol. The fraction of sp³-hybridized carbons (Fsp3) is 0.231. The molecule has 0 aliphatic rings. The molecule has 1 aromatic carbocycles. The van der Waals surface area contributed by atoms with Crippen LogP contribution in [0.4, 0.5) is 4.39 Å². The van der Waals surface area contributed by atoms with Crippen molar-refractivity contribution >= 4 is 11.6 Å². The van der Waals surface area contributed by atoms with Crippen LogP contribution in [0, 0.1) is 5.82 Å². The van der Waals surface area contributed by atoms with Crippen LogP contribution in [0.5, 0.6) is 0 Å². The smallest absolute Gasteiger partial charge is 0.251 e. The predicted molar refractivity (Wildman–Crippen MR) is 69.3 cm³/mol. The van der Waals surface area contributed by atoms with E-state index in [0.29, 0.717) is 23.5 Å². The Bertz CT molecular complexity index is 625. The molecule has 0 saturated heterocycles. The van der Waals surface area contributed by atoms with Crippen LogP contribution in [0.2, 0.25) is 5.02 Å². The first kappa shape index (κ1) is 12.8. The van der Waals surface area contributed by atoms with Gasteiger partial charge in [0.25, 0.3) is 5.56 Å². The van der Waals surface area contributed by atoms with E-state index in [1.165, 1.54) is 18.2 Å². The molecule has 1 N–H and O–H groups in total. The normalized spacial score (nSPS) is 10.6. The number of rotatable bonds is 3. The van der Waals surface area contributed by atoms with E-state index in [2.05, 4.69) is 9.97 Å². The van der Waals surface area contributed by atoms with Crippen molar-refractivity contribution in [1.82, 2.24) is 9.97 Å². The zero-order valence-corrected chi connectivity index (χ0v) is 10.6. The highest BCUT2D eigenvalue weighted by atomic mass is 35.5. The monoisotopic (exact) mass is 266 g/mol. The van der Waals surface area contributed by atoms with E-state index < -0.39 is 5.82 Å². The van der Waals surface area contributed by atoms with E-state index >= 15 is 0 Å². The molecule has 2 aromatic rings. The van der Waals surface area contributed by atoms with E-state index in [-0.39, 0.29) is 10.6 Å². The van der Waals surface area contributed by atoms with Crippen molar-refractivity contribution in [3.63, 3.8) is 0 Å². The third-order valence-electron chi connectivity index (χ3n) is 2.49. The molecule has 94 valence electrons. The van der Waals surface area contributed by atoms with Gasteiger partial charge in [0.15, 0.2) is 0 Å². The number of nitrogens with one attached hydrogen (secondary N) is 1. The van der Waals surface area contributed by atoms with E-state index in [0.717, 1.165) is 6.42 Å². The van der Waals surface area contributed by atoms with Gasteiger partial charge in [0.05, 0.1) is 10.7 Å². The van der Waals surface area contributed by atoms with Crippen LogP contribution in [-0.2, 0) is 6.42 Å². The first-order valence-electron chi connectivity index (χ1n) is 5.66. The first-order chi connectivity index (χ1) is 8.60. The molecule has 3 nitrogen and oxygen atoms in total. The summed E-state index contributed by atoms with van der Waals surface area (Å²) in [5.74, 6) is 0.138. The maximum atomic E-state index is 13.1. The van der Waals surface area contributed by atoms with Crippen LogP contribution in [-0.4, -0.2) is 9.97 Å². The Morgan fingerprint density at radius 3 is 2.83 bits per heavy atom. The molecule has 0 aliphatic heterocycles. The fourth-order valence-electron chi connectivity index (χ4n) is 1.67. The van der Waals surface area contributed by atoms with Gasteiger partial charge >= 0.3 is 0 Å². The third kappa shape index (κ3) is 2.76. The molecule has 0 saturated carbocycles. The van der Waals surface area contributed by atoms with Crippen LogP contribution in [0.1, 0.15) is 19.2 Å². The van der Waals surface area contributed by atoms with E-state index in [4.69, 9.17) is 11.6 Å². The van der Waals surface area contributed by atoms with Crippen LogP contribution in [0.25, 0.3) is 11.3 Å². The molecule has 5 heteroatoms. The molecule has 18 heavy (non-hydrogen) atoms. The van der Waals surface area contributed by atoms with E-state index in [1.54, 1.807) is 6.07 Å². The predicted octanol–water partition coefficient (Wildman–Crippen LogP) is 3.18. The standard InChI is InChI=1S/C13H12ClFN2O/c1-2-3-12-16-11(7-13(18)17-12)8-4-5-10(15)9(14)6-8/h4-7H,2-3H2,1H3,(H,16,17,18). The number of hydrogen-bond acceptors (Lipinski definition) is 2. The van der Waals surface area contributed by atoms with Gasteiger partial charge in [-0.2, -0.15) is 0 Å². The Morgan fingerprint density at radius 2 is 2.17 bits per heavy atom. The lowest BCUT2D eigenvalue weighted by Gasteiger charge is -2.04. The summed E-state index contributed by atoms with van der Waals surface area (Å²) in [7, 11) is 0. The zero-order valence-electron chi connectivity index (χ0n) is 9.84. The summed E-state index contributed by atoms with van der Waals surface area (Å²) in [5.41, 5.74) is 0.915. The van der Waals surface area contributed by atoms with Crippen LogP contribution < -0.4 is 5.56 Å². The highest BCUT2D eigenvalue weighted by Crippen LogP contribution is 2.22. The Hall–Kier alpha value is -1.68. The summed E-state index contributed by atoms with van der Waals surface area (Å²) in [4.78, 5) is 18.5. The molecule has 0 aliphatic carbocycles. The second kappa shape index (κ2) is 5.31. The van der Waals surface area contributed by atoms with Crippen molar-refractivity contribution < 1.29 is 4.39 Å². The van der Waals surface area contributed by atoms with Crippen molar-refractivity contribution in [2.45, 2.75) is 19.8 Å². The molecule has 1 aromatic heterocycles. The van der Waals surface area contributed by atoms with Gasteiger partial charge in [-0.25, -0.2) is 9.37 Å². The van der Waals surface area contributed by atoms with Gasteiger partial charge in [-0.15, -0.1) is 0 Å². The molecule has 0 spiro atoms. The fourth-order valence-corrected chi connectivity index (χ4v) is 1.85. The Morgan fingerprint density at radius 1 is 1.39 bits per heavy atom. The maximum absolute atomic E-state index is 13.1. The molecule has 2 rings (SSSR count). The van der Waals surface area contributed by atoms with Gasteiger partial charge in [0.2, 0.25) is 0 Å². The molecule has 0 amide bonds. The molecule has 0 radical (unpaired) electrons. The highest BCUT2D eigenvalue weighted by molar-refractivity contribution is 6.31. The topological polar surface area (TPSA) is 45.8 Å². The van der Waals surface area contributed by atoms with Crippen molar-refractivity contribution in [2.24, 2.45) is 0 Å². The second-order valence-corrected chi connectivity index (χ2v) is 4.36. The number of halogens is 2. The molecule has 0 fully saturated rings. The van der Waals surface area contributed by atoms with E-state index in [1.807, 2.05) is 6.92 Å². The maximum Gasteiger partial charge on any atom is 0.251 e. The van der Waals surface area contributed by atoms with Gasteiger partial charge in [-0.1, -0.05) is 18.5 Å². The minimum atomic E-state index is -0.487. The minimum Gasteiger partial charge on any atom is -0.311 e. The van der Waals surface area contributed by atoms with Gasteiger partial charge in [0.1, 0.15) is 11.6 Å². The number of aromatic amines is 1. The quantitative estimate of drug-likeness (QED) is 0.927. The van der Waals surface area contributed by atoms with Crippen LogP contribution >= 0.6 is 11.6 Å². The SMILES string of the molecule is CCCc1nc(-c2ccc(F)c(Cl)c2)cc(=O)[nH]1. The van der Waals surface area contributed by atoms with Crippen LogP contribution in [0.15, 0.2) is 29.1 Å². The van der Waals surface area contributed by atoms with Crippen molar-refractivity contribution in [3.05, 3.63) is 51.3 Å². The third-order valence-corrected chi connectivity index (χ3v) is 2.78. The van der Waals surface area contributed by atoms with Crippen LogP contribution in [0.3, 0.4) is 0 Å². The number of aryl methyl sites for hydroxylation is 1. The summed E-state index contributed by atoms with van der Waals surface area (Å²) >= 11 is 5.72. The number of aromatic nitrogens is 2. The number of benzene rings is 1. The Kier molecular flexibility index (Phi) is 3.77. The summed E-state index contributed by atoms with van der Waals surface area (Å²) < 4.78 is 13.1. The van der Waals surface area contributed by atoms with Crippen molar-refractivity contribution in [1.29, 1.82) is 0 Å². The summed E-state index contributed by atoms with van der Waals surface area (Å²) in [6, 6.07) is 5.66. The summed E-state index contributed by atoms with van der Waals surface area (Å²) in [5, 5.41) is 0.0200. The minimum absolute atomic E-state index is 0.0200. The molecule has 0 bridgehead atoms. The van der Waals surface area contributed by atoms with Gasteiger partial charge in [0, 0.05) is 18.1 Å². The van der Waals surface area contributed by atoms with Crippen molar-refractivity contribution in [3.8, 4) is 11.3 Å². The second-order valence-electron chi connectivity index (χ2n) is 3.96. The van der Waals surface area contributed by atoms with E-state index in [9.17, 15) is 9.18 Å². The molecule has 0 unspecified atom stereocenters.